The molecule has 2 aromatic carbocycles. The zero-order chi connectivity index (χ0) is 15.5. The Morgan fingerprint density at radius 2 is 1.76 bits per heavy atom. The molecule has 0 aliphatic heterocycles. The summed E-state index contributed by atoms with van der Waals surface area (Å²) in [6, 6.07) is 12.1. The van der Waals surface area contributed by atoms with E-state index in [9.17, 15) is 12.8 Å². The van der Waals surface area contributed by atoms with Gasteiger partial charge in [-0.15, -0.1) is 0 Å². The van der Waals surface area contributed by atoms with E-state index in [4.69, 9.17) is 0 Å². The third kappa shape index (κ3) is 3.89. The van der Waals surface area contributed by atoms with Gasteiger partial charge >= 0.3 is 0 Å². The molecule has 2 rings (SSSR count). The lowest BCUT2D eigenvalue weighted by Gasteiger charge is -2.06. The molecular weight excluding hydrogens is 359 g/mol. The van der Waals surface area contributed by atoms with Gasteiger partial charge in [0.1, 0.15) is 5.82 Å². The molecule has 0 spiro atoms. The summed E-state index contributed by atoms with van der Waals surface area (Å²) in [5.41, 5.74) is 0.491. The molecule has 0 unspecified atom stereocenters. The zero-order valence-corrected chi connectivity index (χ0v) is 13.4. The quantitative estimate of drug-likeness (QED) is 0.662. The van der Waals surface area contributed by atoms with Crippen molar-refractivity contribution in [1.29, 1.82) is 0 Å². The first-order valence-corrected chi connectivity index (χ1v) is 8.24. The molecule has 0 aliphatic rings. The summed E-state index contributed by atoms with van der Waals surface area (Å²) in [6.45, 7) is 1.53. The number of hydrogen-bond acceptors (Lipinski definition) is 3. The molecule has 2 aromatic rings. The molecule has 0 radical (unpaired) electrons. The summed E-state index contributed by atoms with van der Waals surface area (Å²) in [4.78, 5) is 2.18. The third-order valence-electron chi connectivity index (χ3n) is 2.72. The standard InChI is InChI=1S/C14H12BrFN2O2S/c1-10(13-4-2-3-5-14(13)16)17-18-21(19,20)12-8-6-11(15)7-9-12/h2-9,18H,1H3/b17-10-. The van der Waals surface area contributed by atoms with Gasteiger partial charge in [-0.05, 0) is 37.3 Å². The minimum atomic E-state index is -3.77. The van der Waals surface area contributed by atoms with Crippen LogP contribution in [0.5, 0.6) is 0 Å². The van der Waals surface area contributed by atoms with E-state index in [0.29, 0.717) is 0 Å². The molecule has 0 saturated carbocycles. The molecule has 0 heterocycles. The lowest BCUT2D eigenvalue weighted by atomic mass is 10.1. The second kappa shape index (κ2) is 6.36. The maximum absolute atomic E-state index is 13.6. The molecule has 0 amide bonds. The molecule has 110 valence electrons. The van der Waals surface area contributed by atoms with Gasteiger partial charge in [0.25, 0.3) is 10.0 Å². The minimum Gasteiger partial charge on any atom is -0.206 e. The lowest BCUT2D eigenvalue weighted by molar-refractivity contribution is 0.584. The monoisotopic (exact) mass is 370 g/mol. The van der Waals surface area contributed by atoms with Gasteiger partial charge in [0.05, 0.1) is 10.6 Å². The molecule has 4 nitrogen and oxygen atoms in total. The fraction of sp³-hybridized carbons (Fsp3) is 0.0714. The fourth-order valence-corrected chi connectivity index (χ4v) is 2.73. The van der Waals surface area contributed by atoms with Gasteiger partial charge in [0, 0.05) is 10.0 Å². The van der Waals surface area contributed by atoms with Crippen LogP contribution in [0.2, 0.25) is 0 Å². The number of nitrogens with zero attached hydrogens (tertiary/aromatic N) is 1. The summed E-state index contributed by atoms with van der Waals surface area (Å²) in [6.07, 6.45) is 0. The SMILES string of the molecule is C/C(=N/NS(=O)(=O)c1ccc(Br)cc1)c1ccccc1F. The van der Waals surface area contributed by atoms with Crippen molar-refractivity contribution in [1.82, 2.24) is 4.83 Å². The molecule has 1 N–H and O–H groups in total. The number of halogens is 2. The molecule has 0 aromatic heterocycles. The van der Waals surface area contributed by atoms with Crippen LogP contribution < -0.4 is 4.83 Å². The van der Waals surface area contributed by atoms with Crippen molar-refractivity contribution in [2.24, 2.45) is 5.10 Å². The van der Waals surface area contributed by atoms with Crippen LogP contribution in [0, 0.1) is 5.82 Å². The highest BCUT2D eigenvalue weighted by Gasteiger charge is 2.13. The Balaban J connectivity index is 2.23. The Hall–Kier alpha value is -1.73. The summed E-state index contributed by atoms with van der Waals surface area (Å²) in [5.74, 6) is -0.457. The minimum absolute atomic E-state index is 0.0794. The van der Waals surface area contributed by atoms with E-state index in [1.165, 1.54) is 31.2 Å². The normalized spacial score (nSPS) is 12.2. The van der Waals surface area contributed by atoms with Gasteiger partial charge in [-0.25, -0.2) is 4.39 Å². The summed E-state index contributed by atoms with van der Waals surface area (Å²) in [7, 11) is -3.77. The van der Waals surface area contributed by atoms with Crippen LogP contribution >= 0.6 is 15.9 Å². The highest BCUT2D eigenvalue weighted by atomic mass is 79.9. The maximum Gasteiger partial charge on any atom is 0.276 e. The molecule has 0 bridgehead atoms. The molecule has 0 aliphatic carbocycles. The Labute approximate surface area is 130 Å². The van der Waals surface area contributed by atoms with Crippen molar-refractivity contribution in [3.05, 3.63) is 64.4 Å². The van der Waals surface area contributed by atoms with Crippen molar-refractivity contribution >= 4 is 31.7 Å². The first-order chi connectivity index (χ1) is 9.90. The van der Waals surface area contributed by atoms with Crippen molar-refractivity contribution in [3.8, 4) is 0 Å². The first-order valence-electron chi connectivity index (χ1n) is 5.97. The third-order valence-corrected chi connectivity index (χ3v) is 4.47. The molecule has 0 atom stereocenters. The number of benzene rings is 2. The van der Waals surface area contributed by atoms with Crippen LogP contribution in [0.4, 0.5) is 4.39 Å². The average Bonchev–Trinajstić information content (AvgIpc) is 2.46. The van der Waals surface area contributed by atoms with E-state index in [2.05, 4.69) is 25.9 Å². The predicted molar refractivity (Wildman–Crippen MR) is 83.1 cm³/mol. The summed E-state index contributed by atoms with van der Waals surface area (Å²) >= 11 is 3.23. The van der Waals surface area contributed by atoms with Gasteiger partial charge in [-0.2, -0.15) is 18.4 Å². The largest absolute Gasteiger partial charge is 0.276 e. The lowest BCUT2D eigenvalue weighted by Crippen LogP contribution is -2.20. The van der Waals surface area contributed by atoms with E-state index in [1.54, 1.807) is 24.3 Å². The van der Waals surface area contributed by atoms with E-state index in [0.717, 1.165) is 4.47 Å². The van der Waals surface area contributed by atoms with Crippen LogP contribution in [0.3, 0.4) is 0 Å². The van der Waals surface area contributed by atoms with Gasteiger partial charge in [-0.1, -0.05) is 34.1 Å². The van der Waals surface area contributed by atoms with E-state index < -0.39 is 15.8 Å². The number of hydrogen-bond donors (Lipinski definition) is 1. The summed E-state index contributed by atoms with van der Waals surface area (Å²) < 4.78 is 38.4. The molecule has 0 fully saturated rings. The van der Waals surface area contributed by atoms with Crippen LogP contribution in [0.25, 0.3) is 0 Å². The maximum atomic E-state index is 13.6. The number of hydrazone groups is 1. The van der Waals surface area contributed by atoms with Gasteiger partial charge < -0.3 is 0 Å². The van der Waals surface area contributed by atoms with Crippen molar-refractivity contribution in [2.75, 3.05) is 0 Å². The molecule has 7 heteroatoms. The Bertz CT molecular complexity index is 774. The smallest absolute Gasteiger partial charge is 0.206 e. The van der Waals surface area contributed by atoms with Crippen LogP contribution in [-0.2, 0) is 10.0 Å². The second-order valence-corrected chi connectivity index (χ2v) is 6.80. The van der Waals surface area contributed by atoms with E-state index in [-0.39, 0.29) is 16.2 Å². The number of rotatable bonds is 4. The molecular formula is C14H12BrFN2O2S. The van der Waals surface area contributed by atoms with Crippen LogP contribution in [0.15, 0.2) is 63.0 Å². The molecule has 21 heavy (non-hydrogen) atoms. The van der Waals surface area contributed by atoms with Crippen LogP contribution in [-0.4, -0.2) is 14.1 Å². The number of nitrogens with one attached hydrogen (secondary N) is 1. The number of sulfonamides is 1. The van der Waals surface area contributed by atoms with Gasteiger partial charge in [0.15, 0.2) is 0 Å². The Morgan fingerprint density at radius 1 is 1.14 bits per heavy atom. The zero-order valence-electron chi connectivity index (χ0n) is 11.0. The van der Waals surface area contributed by atoms with Gasteiger partial charge in [-0.3, -0.25) is 0 Å². The second-order valence-electron chi connectivity index (χ2n) is 4.23. The van der Waals surface area contributed by atoms with Crippen LogP contribution in [0.1, 0.15) is 12.5 Å². The first kappa shape index (κ1) is 15.7. The highest BCUT2D eigenvalue weighted by Crippen LogP contribution is 2.14. The predicted octanol–water partition coefficient (Wildman–Crippen LogP) is 3.29. The van der Waals surface area contributed by atoms with Crippen molar-refractivity contribution in [2.45, 2.75) is 11.8 Å². The van der Waals surface area contributed by atoms with Crippen molar-refractivity contribution < 1.29 is 12.8 Å². The fourth-order valence-electron chi connectivity index (χ4n) is 1.61. The Kier molecular flexibility index (Phi) is 4.74. The average molecular weight is 371 g/mol. The topological polar surface area (TPSA) is 58.5 Å². The van der Waals surface area contributed by atoms with Crippen molar-refractivity contribution in [3.63, 3.8) is 0 Å². The summed E-state index contributed by atoms with van der Waals surface area (Å²) in [5, 5.41) is 3.75. The highest BCUT2D eigenvalue weighted by molar-refractivity contribution is 9.10. The van der Waals surface area contributed by atoms with Gasteiger partial charge in [0.2, 0.25) is 0 Å². The Morgan fingerprint density at radius 3 is 2.38 bits per heavy atom. The van der Waals surface area contributed by atoms with E-state index in [1.807, 2.05) is 0 Å². The van der Waals surface area contributed by atoms with E-state index >= 15 is 0 Å². The molecule has 0 saturated heterocycles.